The van der Waals surface area contributed by atoms with E-state index in [1.54, 1.807) is 12.1 Å². The van der Waals surface area contributed by atoms with E-state index in [4.69, 9.17) is 4.74 Å². The van der Waals surface area contributed by atoms with Crippen molar-refractivity contribution in [2.75, 3.05) is 6.61 Å². The summed E-state index contributed by atoms with van der Waals surface area (Å²) in [5.74, 6) is -3.36. The first-order chi connectivity index (χ1) is 7.47. The number of ether oxygens (including phenoxy) is 1. The van der Waals surface area contributed by atoms with Crippen molar-refractivity contribution >= 4 is 11.7 Å². The highest BCUT2D eigenvalue weighted by Crippen LogP contribution is 2.30. The standard InChI is InChI=1S/C10H11NO5/c1-10(14,16-6-9(12)13)7-4-2-3-5-8(7)11-15/h2-5,14H,6H2,1H3,(H,12,13)/p-1. The van der Waals surface area contributed by atoms with Gasteiger partial charge in [-0.05, 0) is 18.2 Å². The summed E-state index contributed by atoms with van der Waals surface area (Å²) in [7, 11) is 0. The maximum absolute atomic E-state index is 10.5. The average Bonchev–Trinajstić information content (AvgIpc) is 2.26. The quantitative estimate of drug-likeness (QED) is 0.561. The number of hydrogen-bond acceptors (Lipinski definition) is 6. The van der Waals surface area contributed by atoms with E-state index in [-0.39, 0.29) is 11.3 Å². The molecule has 1 unspecified atom stereocenters. The molecule has 1 N–H and O–H groups in total. The topological polar surface area (TPSA) is 99.0 Å². The van der Waals surface area contributed by atoms with Crippen molar-refractivity contribution < 1.29 is 19.7 Å². The summed E-state index contributed by atoms with van der Waals surface area (Å²) in [6.07, 6.45) is 0. The summed E-state index contributed by atoms with van der Waals surface area (Å²) in [5, 5.41) is 22.7. The Kier molecular flexibility index (Phi) is 3.70. The maximum atomic E-state index is 10.5. The molecular weight excluding hydrogens is 214 g/mol. The van der Waals surface area contributed by atoms with Gasteiger partial charge in [-0.2, -0.15) is 0 Å². The predicted octanol–water partition coefficient (Wildman–Crippen LogP) is 0.0160. The van der Waals surface area contributed by atoms with Gasteiger partial charge in [-0.1, -0.05) is 18.2 Å². The van der Waals surface area contributed by atoms with Crippen LogP contribution < -0.4 is 5.11 Å². The van der Waals surface area contributed by atoms with Gasteiger partial charge < -0.3 is 19.7 Å². The first kappa shape index (κ1) is 12.3. The molecule has 1 aromatic carbocycles. The van der Waals surface area contributed by atoms with Gasteiger partial charge in [0.05, 0.1) is 12.6 Å². The second kappa shape index (κ2) is 4.82. The Morgan fingerprint density at radius 2 is 2.19 bits per heavy atom. The van der Waals surface area contributed by atoms with Crippen LogP contribution in [0, 0.1) is 4.91 Å². The molecule has 0 bridgehead atoms. The molecule has 0 saturated carbocycles. The van der Waals surface area contributed by atoms with Crippen molar-refractivity contribution in [1.29, 1.82) is 0 Å². The lowest BCUT2D eigenvalue weighted by molar-refractivity contribution is -0.318. The summed E-state index contributed by atoms with van der Waals surface area (Å²) in [6, 6.07) is 5.95. The van der Waals surface area contributed by atoms with Crippen LogP contribution in [0.2, 0.25) is 0 Å². The second-order valence-corrected chi connectivity index (χ2v) is 3.25. The zero-order valence-corrected chi connectivity index (χ0v) is 8.54. The monoisotopic (exact) mass is 224 g/mol. The molecule has 0 aliphatic heterocycles. The number of aliphatic carboxylic acids is 1. The van der Waals surface area contributed by atoms with E-state index >= 15 is 0 Å². The summed E-state index contributed by atoms with van der Waals surface area (Å²) in [4.78, 5) is 20.7. The van der Waals surface area contributed by atoms with Crippen molar-refractivity contribution in [3.05, 3.63) is 34.7 Å². The Hall–Kier alpha value is -1.79. The fraction of sp³-hybridized carbons (Fsp3) is 0.300. The zero-order chi connectivity index (χ0) is 12.2. The molecule has 6 heteroatoms. The third-order valence-corrected chi connectivity index (χ3v) is 1.97. The highest BCUT2D eigenvalue weighted by atomic mass is 16.6. The molecule has 1 aromatic rings. The van der Waals surface area contributed by atoms with Crippen LogP contribution in [-0.4, -0.2) is 17.7 Å². The van der Waals surface area contributed by atoms with E-state index in [2.05, 4.69) is 5.18 Å². The largest absolute Gasteiger partial charge is 0.548 e. The van der Waals surface area contributed by atoms with E-state index in [0.717, 1.165) is 0 Å². The normalized spacial score (nSPS) is 14.1. The average molecular weight is 224 g/mol. The number of rotatable bonds is 5. The number of nitrogens with zero attached hydrogens (tertiary/aromatic N) is 1. The predicted molar refractivity (Wildman–Crippen MR) is 52.4 cm³/mol. The molecule has 0 spiro atoms. The van der Waals surface area contributed by atoms with Gasteiger partial charge in [0.15, 0.2) is 5.79 Å². The van der Waals surface area contributed by atoms with Gasteiger partial charge in [0.1, 0.15) is 5.69 Å². The van der Waals surface area contributed by atoms with Crippen LogP contribution in [0.25, 0.3) is 0 Å². The number of nitroso groups, excluding NO2 is 1. The van der Waals surface area contributed by atoms with Crippen molar-refractivity contribution in [3.63, 3.8) is 0 Å². The molecule has 0 fully saturated rings. The SMILES string of the molecule is CC(O)(OCC(=O)[O-])c1ccccc1N=O. The van der Waals surface area contributed by atoms with Crippen LogP contribution in [0.1, 0.15) is 12.5 Å². The number of hydrogen-bond donors (Lipinski definition) is 1. The van der Waals surface area contributed by atoms with E-state index in [1.807, 2.05) is 0 Å². The van der Waals surface area contributed by atoms with Gasteiger partial charge in [0.25, 0.3) is 0 Å². The van der Waals surface area contributed by atoms with Crippen molar-refractivity contribution in [2.45, 2.75) is 12.7 Å². The molecule has 0 aliphatic carbocycles. The first-order valence-electron chi connectivity index (χ1n) is 4.46. The van der Waals surface area contributed by atoms with Crippen molar-refractivity contribution in [1.82, 2.24) is 0 Å². The summed E-state index contributed by atoms with van der Waals surface area (Å²) < 4.78 is 4.71. The number of carbonyl (C=O) groups is 1. The summed E-state index contributed by atoms with van der Waals surface area (Å²) in [5.41, 5.74) is 0.0945. The van der Waals surface area contributed by atoms with Crippen LogP contribution in [0.4, 0.5) is 5.69 Å². The molecule has 0 aromatic heterocycles. The Bertz CT molecular complexity index is 402. The maximum Gasteiger partial charge on any atom is 0.192 e. The molecule has 6 nitrogen and oxygen atoms in total. The molecular formula is C10H10NO5-. The second-order valence-electron chi connectivity index (χ2n) is 3.25. The molecule has 0 heterocycles. The van der Waals surface area contributed by atoms with E-state index in [9.17, 15) is 19.9 Å². The summed E-state index contributed by atoms with van der Waals surface area (Å²) >= 11 is 0. The third-order valence-electron chi connectivity index (χ3n) is 1.97. The number of aliphatic hydroxyl groups is 1. The molecule has 0 radical (unpaired) electrons. The van der Waals surface area contributed by atoms with Crippen LogP contribution >= 0.6 is 0 Å². The van der Waals surface area contributed by atoms with Crippen molar-refractivity contribution in [2.24, 2.45) is 5.18 Å². The Morgan fingerprint density at radius 1 is 1.56 bits per heavy atom. The summed E-state index contributed by atoms with van der Waals surface area (Å²) in [6.45, 7) is 0.445. The number of benzene rings is 1. The van der Waals surface area contributed by atoms with Crippen LogP contribution in [0.15, 0.2) is 29.4 Å². The van der Waals surface area contributed by atoms with E-state index < -0.39 is 18.4 Å². The lowest BCUT2D eigenvalue weighted by Gasteiger charge is -2.25. The molecule has 86 valence electrons. The molecule has 1 atom stereocenters. The fourth-order valence-corrected chi connectivity index (χ4v) is 1.22. The van der Waals surface area contributed by atoms with E-state index in [0.29, 0.717) is 0 Å². The Balaban J connectivity index is 2.96. The smallest absolute Gasteiger partial charge is 0.192 e. The van der Waals surface area contributed by atoms with E-state index in [1.165, 1.54) is 19.1 Å². The zero-order valence-electron chi connectivity index (χ0n) is 8.54. The minimum Gasteiger partial charge on any atom is -0.548 e. The first-order valence-corrected chi connectivity index (χ1v) is 4.46. The molecule has 0 saturated heterocycles. The van der Waals surface area contributed by atoms with Gasteiger partial charge in [-0.25, -0.2) is 0 Å². The van der Waals surface area contributed by atoms with Gasteiger partial charge in [0.2, 0.25) is 0 Å². The highest BCUT2D eigenvalue weighted by molar-refractivity contribution is 5.65. The van der Waals surface area contributed by atoms with Crippen molar-refractivity contribution in [3.8, 4) is 0 Å². The lowest BCUT2D eigenvalue weighted by Crippen LogP contribution is -2.34. The molecule has 16 heavy (non-hydrogen) atoms. The van der Waals surface area contributed by atoms with Gasteiger partial charge in [-0.3, -0.25) is 0 Å². The minimum absolute atomic E-state index is 0.00847. The van der Waals surface area contributed by atoms with Gasteiger partial charge in [0, 0.05) is 5.56 Å². The Morgan fingerprint density at radius 3 is 2.75 bits per heavy atom. The third kappa shape index (κ3) is 2.85. The minimum atomic E-state index is -1.90. The van der Waals surface area contributed by atoms with Crippen LogP contribution in [0.5, 0.6) is 0 Å². The number of carbonyl (C=O) groups excluding carboxylic acids is 1. The van der Waals surface area contributed by atoms with Gasteiger partial charge >= 0.3 is 0 Å². The molecule has 0 amide bonds. The molecule has 0 aliphatic rings. The Labute approximate surface area is 91.4 Å². The number of carboxylic acid groups (broad SMARTS) is 1. The van der Waals surface area contributed by atoms with Crippen LogP contribution in [-0.2, 0) is 15.3 Å². The van der Waals surface area contributed by atoms with Crippen LogP contribution in [0.3, 0.4) is 0 Å². The molecule has 1 rings (SSSR count). The number of carboxylic acids is 1. The lowest BCUT2D eigenvalue weighted by atomic mass is 10.1. The highest BCUT2D eigenvalue weighted by Gasteiger charge is 2.27. The van der Waals surface area contributed by atoms with Gasteiger partial charge in [-0.15, -0.1) is 4.91 Å². The fourth-order valence-electron chi connectivity index (χ4n) is 1.22.